The summed E-state index contributed by atoms with van der Waals surface area (Å²) in [6, 6.07) is 4.17. The molecule has 0 spiro atoms. The maximum atomic E-state index is 11.9. The van der Waals surface area contributed by atoms with Gasteiger partial charge in [0, 0.05) is 0 Å². The lowest BCUT2D eigenvalue weighted by Gasteiger charge is -2.17. The Morgan fingerprint density at radius 2 is 2.00 bits per heavy atom. The van der Waals surface area contributed by atoms with Crippen molar-refractivity contribution in [1.82, 2.24) is 5.32 Å². The van der Waals surface area contributed by atoms with E-state index >= 15 is 0 Å². The zero-order valence-electron chi connectivity index (χ0n) is 12.0. The summed E-state index contributed by atoms with van der Waals surface area (Å²) in [5.74, 6) is 0.495. The number of carbonyl (C=O) groups excluding carboxylic acids is 2. The molecule has 0 aromatic heterocycles. The van der Waals surface area contributed by atoms with Gasteiger partial charge in [0.1, 0.15) is 0 Å². The van der Waals surface area contributed by atoms with Crippen LogP contribution >= 0.6 is 0 Å². The first-order valence-electron chi connectivity index (χ1n) is 6.46. The largest absolute Gasteiger partial charge is 0.493 e. The van der Waals surface area contributed by atoms with Crippen LogP contribution in [0.25, 0.3) is 0 Å². The minimum absolute atomic E-state index is 0.226. The molecule has 1 aliphatic rings. The molecule has 1 amide bonds. The highest BCUT2D eigenvalue weighted by atomic mass is 16.6. The average Bonchev–Trinajstić information content (AvgIpc) is 2.88. The van der Waals surface area contributed by atoms with Gasteiger partial charge in [0.15, 0.2) is 23.6 Å². The van der Waals surface area contributed by atoms with Crippen LogP contribution in [0.15, 0.2) is 18.2 Å². The minimum Gasteiger partial charge on any atom is -0.493 e. The van der Waals surface area contributed by atoms with Crippen molar-refractivity contribution < 1.29 is 28.5 Å². The standard InChI is InChI=1S/C14H17NO6/c1-4-20-13(16)11-12(21-14(17)15-11)8-5-6-9(18-2)10(7-8)19-3/h5-7,11-12H,4H2,1-3H3,(H,15,17). The van der Waals surface area contributed by atoms with E-state index in [0.29, 0.717) is 17.1 Å². The Bertz CT molecular complexity index is 544. The van der Waals surface area contributed by atoms with E-state index < -0.39 is 24.2 Å². The number of methoxy groups -OCH3 is 2. The molecule has 0 aliphatic carbocycles. The van der Waals surface area contributed by atoms with Crippen molar-refractivity contribution in [3.63, 3.8) is 0 Å². The first-order valence-corrected chi connectivity index (χ1v) is 6.46. The second kappa shape index (κ2) is 6.34. The van der Waals surface area contributed by atoms with Gasteiger partial charge in [0.25, 0.3) is 0 Å². The summed E-state index contributed by atoms with van der Waals surface area (Å²) < 4.78 is 20.4. The third-order valence-corrected chi connectivity index (χ3v) is 3.09. The topological polar surface area (TPSA) is 83.1 Å². The van der Waals surface area contributed by atoms with Gasteiger partial charge in [-0.1, -0.05) is 6.07 Å². The normalized spacial score (nSPS) is 20.4. The third-order valence-electron chi connectivity index (χ3n) is 3.09. The van der Waals surface area contributed by atoms with Crippen molar-refractivity contribution in [2.24, 2.45) is 0 Å². The Kier molecular flexibility index (Phi) is 4.52. The fourth-order valence-electron chi connectivity index (χ4n) is 2.12. The molecule has 21 heavy (non-hydrogen) atoms. The molecule has 114 valence electrons. The number of alkyl carbamates (subject to hydrolysis) is 1. The number of cyclic esters (lactones) is 1. The van der Waals surface area contributed by atoms with E-state index in [-0.39, 0.29) is 6.61 Å². The summed E-state index contributed by atoms with van der Waals surface area (Å²) >= 11 is 0. The highest BCUT2D eigenvalue weighted by Gasteiger charge is 2.41. The highest BCUT2D eigenvalue weighted by Crippen LogP contribution is 2.34. The molecule has 1 aromatic rings. The van der Waals surface area contributed by atoms with E-state index in [9.17, 15) is 9.59 Å². The Morgan fingerprint density at radius 1 is 1.29 bits per heavy atom. The van der Waals surface area contributed by atoms with E-state index in [0.717, 1.165) is 0 Å². The molecule has 2 atom stereocenters. The van der Waals surface area contributed by atoms with Crippen molar-refractivity contribution >= 4 is 12.1 Å². The summed E-state index contributed by atoms with van der Waals surface area (Å²) in [7, 11) is 3.03. The van der Waals surface area contributed by atoms with Gasteiger partial charge in [0.05, 0.1) is 20.8 Å². The Hall–Kier alpha value is -2.44. The maximum Gasteiger partial charge on any atom is 0.408 e. The molecular formula is C14H17NO6. The van der Waals surface area contributed by atoms with Crippen LogP contribution in [0.2, 0.25) is 0 Å². The van der Waals surface area contributed by atoms with Crippen LogP contribution in [0.1, 0.15) is 18.6 Å². The lowest BCUT2D eigenvalue weighted by Crippen LogP contribution is -2.37. The van der Waals surface area contributed by atoms with Crippen LogP contribution < -0.4 is 14.8 Å². The third kappa shape index (κ3) is 3.01. The maximum absolute atomic E-state index is 11.9. The molecule has 2 unspecified atom stereocenters. The first-order chi connectivity index (χ1) is 10.1. The quantitative estimate of drug-likeness (QED) is 0.827. The molecule has 7 nitrogen and oxygen atoms in total. The summed E-state index contributed by atoms with van der Waals surface area (Å²) in [4.78, 5) is 23.3. The zero-order chi connectivity index (χ0) is 15.4. The Morgan fingerprint density at radius 3 is 2.62 bits per heavy atom. The summed E-state index contributed by atoms with van der Waals surface area (Å²) in [6.45, 7) is 1.92. The van der Waals surface area contributed by atoms with Crippen LogP contribution in [-0.2, 0) is 14.3 Å². The monoisotopic (exact) mass is 295 g/mol. The summed E-state index contributed by atoms with van der Waals surface area (Å²) in [6.07, 6.45) is -1.43. The van der Waals surface area contributed by atoms with E-state index in [1.807, 2.05) is 0 Å². The van der Waals surface area contributed by atoms with Gasteiger partial charge in [-0.15, -0.1) is 0 Å². The van der Waals surface area contributed by atoms with Crippen LogP contribution in [-0.4, -0.2) is 38.9 Å². The highest BCUT2D eigenvalue weighted by molar-refractivity contribution is 5.85. The number of hydrogen-bond acceptors (Lipinski definition) is 6. The zero-order valence-corrected chi connectivity index (χ0v) is 12.0. The smallest absolute Gasteiger partial charge is 0.408 e. The van der Waals surface area contributed by atoms with Gasteiger partial charge in [0.2, 0.25) is 0 Å². The van der Waals surface area contributed by atoms with E-state index in [4.69, 9.17) is 18.9 Å². The number of nitrogens with one attached hydrogen (secondary N) is 1. The Balaban J connectivity index is 2.30. The van der Waals surface area contributed by atoms with Gasteiger partial charge in [-0.25, -0.2) is 9.59 Å². The molecule has 2 rings (SSSR count). The van der Waals surface area contributed by atoms with Crippen LogP contribution in [0.3, 0.4) is 0 Å². The van der Waals surface area contributed by atoms with E-state index in [1.54, 1.807) is 25.1 Å². The van der Waals surface area contributed by atoms with Crippen LogP contribution in [0.5, 0.6) is 11.5 Å². The number of esters is 1. The molecule has 7 heteroatoms. The number of carbonyl (C=O) groups is 2. The van der Waals surface area contributed by atoms with Crippen molar-refractivity contribution in [2.45, 2.75) is 19.1 Å². The molecule has 1 fully saturated rings. The molecule has 0 bridgehead atoms. The van der Waals surface area contributed by atoms with Crippen LogP contribution in [0, 0.1) is 0 Å². The number of hydrogen-bond donors (Lipinski definition) is 1. The molecule has 1 aromatic carbocycles. The second-order valence-corrected chi connectivity index (χ2v) is 4.31. The number of rotatable bonds is 5. The van der Waals surface area contributed by atoms with Crippen molar-refractivity contribution in [3.05, 3.63) is 23.8 Å². The molecule has 1 aliphatic heterocycles. The van der Waals surface area contributed by atoms with Gasteiger partial charge in [-0.3, -0.25) is 0 Å². The molecule has 1 N–H and O–H groups in total. The summed E-state index contributed by atoms with van der Waals surface area (Å²) in [5.41, 5.74) is 0.615. The molecule has 1 heterocycles. The Labute approximate surface area is 122 Å². The fourth-order valence-corrected chi connectivity index (χ4v) is 2.12. The van der Waals surface area contributed by atoms with Gasteiger partial charge >= 0.3 is 12.1 Å². The fraction of sp³-hybridized carbons (Fsp3) is 0.429. The minimum atomic E-state index is -0.879. The van der Waals surface area contributed by atoms with Gasteiger partial charge in [-0.05, 0) is 24.6 Å². The molecule has 0 saturated carbocycles. The van der Waals surface area contributed by atoms with Gasteiger partial charge in [-0.2, -0.15) is 0 Å². The second-order valence-electron chi connectivity index (χ2n) is 4.31. The van der Waals surface area contributed by atoms with E-state index in [1.165, 1.54) is 14.2 Å². The molecule has 1 saturated heterocycles. The first kappa shape index (κ1) is 15.0. The van der Waals surface area contributed by atoms with Crippen molar-refractivity contribution in [2.75, 3.05) is 20.8 Å². The molecular weight excluding hydrogens is 278 g/mol. The van der Waals surface area contributed by atoms with Crippen molar-refractivity contribution in [1.29, 1.82) is 0 Å². The lowest BCUT2D eigenvalue weighted by atomic mass is 10.0. The summed E-state index contributed by atoms with van der Waals surface area (Å²) in [5, 5.41) is 2.45. The van der Waals surface area contributed by atoms with Crippen molar-refractivity contribution in [3.8, 4) is 11.5 Å². The average molecular weight is 295 g/mol. The van der Waals surface area contributed by atoms with Gasteiger partial charge < -0.3 is 24.3 Å². The molecule has 0 radical (unpaired) electrons. The predicted molar refractivity (Wildman–Crippen MR) is 72.3 cm³/mol. The number of benzene rings is 1. The SMILES string of the molecule is CCOC(=O)C1NC(=O)OC1c1ccc(OC)c(OC)c1. The lowest BCUT2D eigenvalue weighted by molar-refractivity contribution is -0.146. The predicted octanol–water partition coefficient (Wildman–Crippen LogP) is 1.42. The number of ether oxygens (including phenoxy) is 4. The van der Waals surface area contributed by atoms with Crippen LogP contribution in [0.4, 0.5) is 4.79 Å². The van der Waals surface area contributed by atoms with E-state index in [2.05, 4.69) is 5.32 Å². The number of amides is 1.